The Labute approximate surface area is 139 Å². The summed E-state index contributed by atoms with van der Waals surface area (Å²) in [5, 5.41) is 3.04. The molecule has 4 heteroatoms. The molecule has 1 amide bonds. The Bertz CT molecular complexity index is 724. The molecule has 2 unspecified atom stereocenters. The van der Waals surface area contributed by atoms with Crippen LogP contribution in [0, 0.1) is 0 Å². The third kappa shape index (κ3) is 3.70. The van der Waals surface area contributed by atoms with Gasteiger partial charge in [0.1, 0.15) is 0 Å². The minimum absolute atomic E-state index is 0.0681. The number of nitrogens with one attached hydrogen (secondary N) is 1. The monoisotopic (exact) mass is 327 g/mol. The van der Waals surface area contributed by atoms with E-state index in [4.69, 9.17) is 0 Å². The zero-order chi connectivity index (χ0) is 16.2. The number of benzene rings is 2. The van der Waals surface area contributed by atoms with Gasteiger partial charge in [-0.1, -0.05) is 24.3 Å². The molecule has 0 aliphatic heterocycles. The van der Waals surface area contributed by atoms with E-state index in [-0.39, 0.29) is 5.91 Å². The highest BCUT2D eigenvalue weighted by Gasteiger charge is 2.20. The highest BCUT2D eigenvalue weighted by atomic mass is 32.2. The van der Waals surface area contributed by atoms with E-state index in [0.29, 0.717) is 18.0 Å². The summed E-state index contributed by atoms with van der Waals surface area (Å²) in [6.45, 7) is 0.664. The van der Waals surface area contributed by atoms with E-state index >= 15 is 0 Å². The van der Waals surface area contributed by atoms with E-state index in [1.165, 1.54) is 17.5 Å². The minimum Gasteiger partial charge on any atom is -0.351 e. The van der Waals surface area contributed by atoms with Gasteiger partial charge in [0.2, 0.25) is 0 Å². The van der Waals surface area contributed by atoms with Gasteiger partial charge in [0, 0.05) is 40.0 Å². The van der Waals surface area contributed by atoms with Gasteiger partial charge < -0.3 is 5.32 Å². The smallest absolute Gasteiger partial charge is 0.251 e. The first-order chi connectivity index (χ1) is 11.1. The van der Waals surface area contributed by atoms with Gasteiger partial charge in [-0.25, -0.2) is 0 Å². The molecule has 0 saturated carbocycles. The quantitative estimate of drug-likeness (QED) is 0.937. The van der Waals surface area contributed by atoms with Crippen molar-refractivity contribution >= 4 is 16.7 Å². The van der Waals surface area contributed by atoms with Crippen LogP contribution < -0.4 is 5.32 Å². The molecule has 0 heterocycles. The highest BCUT2D eigenvalue weighted by molar-refractivity contribution is 7.84. The Hall–Kier alpha value is -1.94. The Morgan fingerprint density at radius 1 is 1.17 bits per heavy atom. The number of hydrogen-bond donors (Lipinski definition) is 1. The maximum atomic E-state index is 12.3. The van der Waals surface area contributed by atoms with Gasteiger partial charge in [0.15, 0.2) is 0 Å². The summed E-state index contributed by atoms with van der Waals surface area (Å²) >= 11 is 0. The third-order valence-electron chi connectivity index (χ3n) is 4.45. The van der Waals surface area contributed by atoms with Crippen molar-refractivity contribution in [3.63, 3.8) is 0 Å². The summed E-state index contributed by atoms with van der Waals surface area (Å²) in [6.07, 6.45) is 5.06. The summed E-state index contributed by atoms with van der Waals surface area (Å²) < 4.78 is 11.4. The lowest BCUT2D eigenvalue weighted by molar-refractivity contribution is 0.0950. The molecule has 1 aliphatic carbocycles. The van der Waals surface area contributed by atoms with Crippen molar-refractivity contribution in [2.24, 2.45) is 0 Å². The Kier molecular flexibility index (Phi) is 4.91. The summed E-state index contributed by atoms with van der Waals surface area (Å²) in [6, 6.07) is 15.5. The second-order valence-electron chi connectivity index (χ2n) is 5.98. The molecule has 1 N–H and O–H groups in total. The van der Waals surface area contributed by atoms with Crippen molar-refractivity contribution < 1.29 is 9.00 Å². The predicted molar refractivity (Wildman–Crippen MR) is 93.2 cm³/mol. The lowest BCUT2D eigenvalue weighted by atomic mass is 9.83. The summed E-state index contributed by atoms with van der Waals surface area (Å²) in [5.41, 5.74) is 3.40. The van der Waals surface area contributed by atoms with Crippen molar-refractivity contribution in [3.8, 4) is 0 Å². The zero-order valence-corrected chi connectivity index (χ0v) is 14.1. The Morgan fingerprint density at radius 2 is 1.91 bits per heavy atom. The normalized spacial score (nSPS) is 18.0. The summed E-state index contributed by atoms with van der Waals surface area (Å²) in [7, 11) is -1.01. The van der Waals surface area contributed by atoms with Gasteiger partial charge in [-0.2, -0.15) is 0 Å². The number of hydrogen-bond acceptors (Lipinski definition) is 2. The minimum atomic E-state index is -1.01. The molecule has 0 bridgehead atoms. The van der Waals surface area contributed by atoms with Crippen LogP contribution in [-0.4, -0.2) is 22.9 Å². The Morgan fingerprint density at radius 3 is 2.65 bits per heavy atom. The van der Waals surface area contributed by atoms with Gasteiger partial charge in [0.25, 0.3) is 5.91 Å². The standard InChI is InChI=1S/C19H21NO2S/c1-23(22)17-11-9-15(10-12-17)19(21)20-13-16-7-4-6-14-5-2-3-8-18(14)16/h2-3,5,8-12,16H,4,6-7,13H2,1H3,(H,20,21). The average Bonchev–Trinajstić information content (AvgIpc) is 2.59. The Balaban J connectivity index is 1.64. The number of aryl methyl sites for hydroxylation is 1. The molecule has 2 aromatic carbocycles. The van der Waals surface area contributed by atoms with Gasteiger partial charge in [-0.05, 0) is 54.7 Å². The van der Waals surface area contributed by atoms with Gasteiger partial charge in [-0.3, -0.25) is 9.00 Å². The SMILES string of the molecule is CS(=O)c1ccc(C(=O)NCC2CCCc3ccccc32)cc1. The van der Waals surface area contributed by atoms with Crippen molar-refractivity contribution in [2.75, 3.05) is 12.8 Å². The molecule has 0 spiro atoms. The fourth-order valence-corrected chi connectivity index (χ4v) is 3.70. The second-order valence-corrected chi connectivity index (χ2v) is 7.36. The largest absolute Gasteiger partial charge is 0.351 e. The van der Waals surface area contributed by atoms with Crippen molar-refractivity contribution in [2.45, 2.75) is 30.1 Å². The molecule has 2 aromatic rings. The van der Waals surface area contributed by atoms with E-state index < -0.39 is 10.8 Å². The molecule has 0 radical (unpaired) electrons. The summed E-state index contributed by atoms with van der Waals surface area (Å²) in [5.74, 6) is 0.327. The van der Waals surface area contributed by atoms with Crippen molar-refractivity contribution in [1.82, 2.24) is 5.32 Å². The highest BCUT2D eigenvalue weighted by Crippen LogP contribution is 2.30. The van der Waals surface area contributed by atoms with Crippen LogP contribution in [0.15, 0.2) is 53.4 Å². The predicted octanol–water partition coefficient (Wildman–Crippen LogP) is 3.27. The molecule has 120 valence electrons. The van der Waals surface area contributed by atoms with Crippen LogP contribution in [0.3, 0.4) is 0 Å². The molecule has 2 atom stereocenters. The van der Waals surface area contributed by atoms with Gasteiger partial charge in [0.05, 0.1) is 0 Å². The van der Waals surface area contributed by atoms with Gasteiger partial charge in [-0.15, -0.1) is 0 Å². The lowest BCUT2D eigenvalue weighted by Gasteiger charge is -2.25. The number of carbonyl (C=O) groups is 1. The van der Waals surface area contributed by atoms with Crippen LogP contribution in [0.1, 0.15) is 40.2 Å². The van der Waals surface area contributed by atoms with Crippen LogP contribution in [0.4, 0.5) is 0 Å². The van der Waals surface area contributed by atoms with Crippen LogP contribution in [0.5, 0.6) is 0 Å². The first-order valence-corrected chi connectivity index (χ1v) is 9.50. The molecular formula is C19H21NO2S. The molecule has 0 saturated heterocycles. The van der Waals surface area contributed by atoms with Crippen LogP contribution in [0.2, 0.25) is 0 Å². The number of carbonyl (C=O) groups excluding carboxylic acids is 1. The molecule has 0 fully saturated rings. The van der Waals surface area contributed by atoms with E-state index in [1.807, 2.05) is 0 Å². The van der Waals surface area contributed by atoms with Crippen LogP contribution in [-0.2, 0) is 17.2 Å². The van der Waals surface area contributed by atoms with E-state index in [2.05, 4.69) is 29.6 Å². The maximum absolute atomic E-state index is 12.3. The first-order valence-electron chi connectivity index (χ1n) is 7.94. The molecule has 1 aliphatic rings. The van der Waals surface area contributed by atoms with E-state index in [9.17, 15) is 9.00 Å². The third-order valence-corrected chi connectivity index (χ3v) is 5.39. The van der Waals surface area contributed by atoms with Crippen molar-refractivity contribution in [3.05, 3.63) is 65.2 Å². The van der Waals surface area contributed by atoms with Crippen LogP contribution >= 0.6 is 0 Å². The molecule has 23 heavy (non-hydrogen) atoms. The number of rotatable bonds is 4. The van der Waals surface area contributed by atoms with Crippen LogP contribution in [0.25, 0.3) is 0 Å². The lowest BCUT2D eigenvalue weighted by Crippen LogP contribution is -2.29. The van der Waals surface area contributed by atoms with Crippen molar-refractivity contribution in [1.29, 1.82) is 0 Å². The zero-order valence-electron chi connectivity index (χ0n) is 13.2. The van der Waals surface area contributed by atoms with E-state index in [1.54, 1.807) is 30.5 Å². The first kappa shape index (κ1) is 15.9. The number of amides is 1. The maximum Gasteiger partial charge on any atom is 0.251 e. The molecule has 3 rings (SSSR count). The summed E-state index contributed by atoms with van der Waals surface area (Å²) in [4.78, 5) is 13.0. The second kappa shape index (κ2) is 7.09. The fourth-order valence-electron chi connectivity index (χ4n) is 3.18. The average molecular weight is 327 g/mol. The number of fused-ring (bicyclic) bond motifs is 1. The van der Waals surface area contributed by atoms with Gasteiger partial charge >= 0.3 is 0 Å². The fraction of sp³-hybridized carbons (Fsp3) is 0.316. The molecular weight excluding hydrogens is 306 g/mol. The topological polar surface area (TPSA) is 46.2 Å². The molecule has 3 nitrogen and oxygen atoms in total. The molecule has 0 aromatic heterocycles. The van der Waals surface area contributed by atoms with E-state index in [0.717, 1.165) is 17.7 Å².